The van der Waals surface area contributed by atoms with E-state index < -0.39 is 11.2 Å². The maximum Gasteiger partial charge on any atom is 0.329 e. The van der Waals surface area contributed by atoms with Crippen molar-refractivity contribution in [3.8, 4) is 0 Å². The Morgan fingerprint density at radius 3 is 3.06 bits per heavy atom. The summed E-state index contributed by atoms with van der Waals surface area (Å²) in [5, 5.41) is 12.3. The molecule has 0 unspecified atom stereocenters. The third-order valence-corrected chi connectivity index (χ3v) is 4.29. The van der Waals surface area contributed by atoms with E-state index in [0.29, 0.717) is 6.42 Å². The highest BCUT2D eigenvalue weighted by Gasteiger charge is 2.35. The molecule has 0 spiro atoms. The van der Waals surface area contributed by atoms with E-state index in [1.807, 2.05) is 0 Å². The van der Waals surface area contributed by atoms with Gasteiger partial charge in [0.1, 0.15) is 0 Å². The molecular weight excluding hydrogens is 258 g/mol. The van der Waals surface area contributed by atoms with Crippen LogP contribution >= 0.6 is 11.8 Å². The largest absolute Gasteiger partial charge is 0.395 e. The van der Waals surface area contributed by atoms with E-state index in [9.17, 15) is 14.7 Å². The van der Waals surface area contributed by atoms with E-state index in [-0.39, 0.29) is 23.3 Å². The average molecular weight is 269 g/mol. The van der Waals surface area contributed by atoms with Crippen LogP contribution < -0.4 is 11.2 Å². The van der Waals surface area contributed by atoms with E-state index in [4.69, 9.17) is 5.53 Å². The molecule has 9 heteroatoms. The van der Waals surface area contributed by atoms with Gasteiger partial charge in [-0.05, 0) is 12.0 Å². The molecule has 0 bridgehead atoms. The van der Waals surface area contributed by atoms with Gasteiger partial charge in [-0.2, -0.15) is 0 Å². The number of rotatable bonds is 3. The lowest BCUT2D eigenvalue weighted by Gasteiger charge is -2.12. The van der Waals surface area contributed by atoms with Crippen molar-refractivity contribution in [3.63, 3.8) is 0 Å². The van der Waals surface area contributed by atoms with Crippen LogP contribution in [-0.4, -0.2) is 32.6 Å². The summed E-state index contributed by atoms with van der Waals surface area (Å²) in [6, 6.07) is 0.908. The quantitative estimate of drug-likeness (QED) is 0.462. The second kappa shape index (κ2) is 5.30. The van der Waals surface area contributed by atoms with Crippen molar-refractivity contribution < 1.29 is 5.11 Å². The summed E-state index contributed by atoms with van der Waals surface area (Å²) in [6.07, 6.45) is 1.86. The molecule has 18 heavy (non-hydrogen) atoms. The molecule has 1 aliphatic heterocycles. The lowest BCUT2D eigenvalue weighted by Crippen LogP contribution is -2.30. The number of nitrogens with one attached hydrogen (secondary N) is 1. The van der Waals surface area contributed by atoms with Gasteiger partial charge in [-0.3, -0.25) is 14.3 Å². The van der Waals surface area contributed by atoms with Crippen LogP contribution in [0.4, 0.5) is 0 Å². The number of aromatic nitrogens is 2. The Hall–Kier alpha value is -1.70. The number of aliphatic hydroxyl groups excluding tert-OH is 1. The van der Waals surface area contributed by atoms with Crippen LogP contribution in [0.3, 0.4) is 0 Å². The molecule has 1 saturated heterocycles. The molecular formula is C9H11N5O3S. The lowest BCUT2D eigenvalue weighted by atomic mass is 10.1. The standard InChI is InChI=1S/C9H11N5O3S/c10-13-12-5-3-8(18-6(5)4-15)14-2-1-7(16)11-9(14)17/h1-2,5-6,8,15H,3-4H2,(H,11,16,17)/t5-,6+,8+/m0/s1. The topological polar surface area (TPSA) is 124 Å². The molecule has 2 N–H and O–H groups in total. The number of aromatic amines is 1. The number of hydrogen-bond acceptors (Lipinski definition) is 5. The van der Waals surface area contributed by atoms with Crippen LogP contribution in [0.15, 0.2) is 27.0 Å². The predicted molar refractivity (Wildman–Crippen MR) is 66.4 cm³/mol. The Bertz CT molecular complexity index is 590. The highest BCUT2D eigenvalue weighted by Crippen LogP contribution is 2.42. The molecule has 0 radical (unpaired) electrons. The SMILES string of the molecule is [N-]=[N+]=N[C@H]1C[C@H](n2ccc(=O)[nH]c2=O)S[C@@H]1CO. The first kappa shape index (κ1) is 12.7. The number of azide groups is 1. The van der Waals surface area contributed by atoms with Gasteiger partial charge in [0.05, 0.1) is 18.0 Å². The van der Waals surface area contributed by atoms with Crippen molar-refractivity contribution in [2.24, 2.45) is 5.11 Å². The second-order valence-corrected chi connectivity index (χ2v) is 5.26. The average Bonchev–Trinajstić information content (AvgIpc) is 2.72. The lowest BCUT2D eigenvalue weighted by molar-refractivity contribution is 0.283. The number of nitrogens with zero attached hydrogens (tertiary/aromatic N) is 4. The molecule has 8 nitrogen and oxygen atoms in total. The molecule has 1 aromatic heterocycles. The van der Waals surface area contributed by atoms with Crippen LogP contribution in [0.1, 0.15) is 11.8 Å². The fourth-order valence-corrected chi connectivity index (χ4v) is 3.33. The minimum absolute atomic E-state index is 0.122. The smallest absolute Gasteiger partial charge is 0.329 e. The van der Waals surface area contributed by atoms with Crippen LogP contribution in [0.5, 0.6) is 0 Å². The van der Waals surface area contributed by atoms with Crippen LogP contribution in [0, 0.1) is 0 Å². The van der Waals surface area contributed by atoms with Gasteiger partial charge >= 0.3 is 5.69 Å². The Morgan fingerprint density at radius 2 is 2.44 bits per heavy atom. The van der Waals surface area contributed by atoms with E-state index in [0.717, 1.165) is 0 Å². The van der Waals surface area contributed by atoms with Crippen molar-refractivity contribution in [3.05, 3.63) is 43.5 Å². The molecule has 2 rings (SSSR count). The molecule has 3 atom stereocenters. The summed E-state index contributed by atoms with van der Waals surface area (Å²) in [4.78, 5) is 27.5. The van der Waals surface area contributed by atoms with Crippen molar-refractivity contribution in [2.45, 2.75) is 23.1 Å². The van der Waals surface area contributed by atoms with E-state index >= 15 is 0 Å². The Labute approximate surface area is 105 Å². The van der Waals surface area contributed by atoms with Crippen molar-refractivity contribution in [1.82, 2.24) is 9.55 Å². The predicted octanol–water partition coefficient (Wildman–Crippen LogP) is 0.212. The molecule has 1 aromatic rings. The number of hydrogen-bond donors (Lipinski definition) is 2. The van der Waals surface area contributed by atoms with E-state index in [1.54, 1.807) is 0 Å². The van der Waals surface area contributed by atoms with Gasteiger partial charge in [0.15, 0.2) is 0 Å². The van der Waals surface area contributed by atoms with Gasteiger partial charge in [0.2, 0.25) is 0 Å². The first-order valence-corrected chi connectivity index (χ1v) is 6.22. The van der Waals surface area contributed by atoms with Crippen LogP contribution in [-0.2, 0) is 0 Å². The number of aliphatic hydroxyl groups is 1. The fraction of sp³-hybridized carbons (Fsp3) is 0.556. The zero-order chi connectivity index (χ0) is 13.1. The molecule has 0 saturated carbocycles. The fourth-order valence-electron chi connectivity index (χ4n) is 1.89. The highest BCUT2D eigenvalue weighted by molar-refractivity contribution is 8.00. The second-order valence-electron chi connectivity index (χ2n) is 3.84. The monoisotopic (exact) mass is 269 g/mol. The van der Waals surface area contributed by atoms with Gasteiger partial charge in [0, 0.05) is 22.4 Å². The van der Waals surface area contributed by atoms with Crippen molar-refractivity contribution in [1.29, 1.82) is 0 Å². The minimum Gasteiger partial charge on any atom is -0.395 e. The van der Waals surface area contributed by atoms with Gasteiger partial charge < -0.3 is 5.11 Å². The maximum atomic E-state index is 11.6. The van der Waals surface area contributed by atoms with Crippen LogP contribution in [0.2, 0.25) is 0 Å². The van der Waals surface area contributed by atoms with Gasteiger partial charge in [-0.25, -0.2) is 4.79 Å². The van der Waals surface area contributed by atoms with E-state index in [2.05, 4.69) is 15.0 Å². The first-order chi connectivity index (χ1) is 8.65. The summed E-state index contributed by atoms with van der Waals surface area (Å²) < 4.78 is 1.38. The Balaban J connectivity index is 2.28. The van der Waals surface area contributed by atoms with Crippen molar-refractivity contribution in [2.75, 3.05) is 6.61 Å². The molecule has 1 fully saturated rings. The maximum absolute atomic E-state index is 11.6. The normalized spacial score (nSPS) is 26.8. The molecule has 0 aliphatic carbocycles. The Kier molecular flexibility index (Phi) is 3.75. The third kappa shape index (κ3) is 2.42. The number of H-pyrrole nitrogens is 1. The summed E-state index contributed by atoms with van der Waals surface area (Å²) in [6.45, 7) is -0.122. The zero-order valence-electron chi connectivity index (χ0n) is 9.26. The van der Waals surface area contributed by atoms with Gasteiger partial charge in [-0.15, -0.1) is 11.8 Å². The highest BCUT2D eigenvalue weighted by atomic mass is 32.2. The van der Waals surface area contributed by atoms with Crippen LogP contribution in [0.25, 0.3) is 10.4 Å². The number of thioether (sulfide) groups is 1. The zero-order valence-corrected chi connectivity index (χ0v) is 10.1. The molecule has 0 aromatic carbocycles. The first-order valence-electron chi connectivity index (χ1n) is 5.27. The molecule has 96 valence electrons. The van der Waals surface area contributed by atoms with E-state index in [1.165, 1.54) is 28.6 Å². The third-order valence-electron chi connectivity index (χ3n) is 2.75. The summed E-state index contributed by atoms with van der Waals surface area (Å²) in [5.41, 5.74) is 7.48. The molecule has 2 heterocycles. The van der Waals surface area contributed by atoms with Gasteiger partial charge in [-0.1, -0.05) is 5.11 Å². The molecule has 0 amide bonds. The van der Waals surface area contributed by atoms with Gasteiger partial charge in [0.25, 0.3) is 5.56 Å². The summed E-state index contributed by atoms with van der Waals surface area (Å²) in [7, 11) is 0. The summed E-state index contributed by atoms with van der Waals surface area (Å²) in [5.74, 6) is 0. The van der Waals surface area contributed by atoms with Crippen molar-refractivity contribution >= 4 is 11.8 Å². The summed E-state index contributed by atoms with van der Waals surface area (Å²) >= 11 is 1.36. The Morgan fingerprint density at radius 1 is 1.67 bits per heavy atom. The molecule has 1 aliphatic rings. The minimum atomic E-state index is -0.502.